The number of nitrogens with zero attached hydrogens (tertiary/aromatic N) is 2. The first kappa shape index (κ1) is 24.8. The van der Waals surface area contributed by atoms with Gasteiger partial charge >= 0.3 is 6.09 Å². The van der Waals surface area contributed by atoms with Crippen LogP contribution >= 0.6 is 0 Å². The van der Waals surface area contributed by atoms with E-state index in [-0.39, 0.29) is 4.90 Å². The van der Waals surface area contributed by atoms with Crippen LogP contribution in [0, 0.1) is 6.92 Å². The van der Waals surface area contributed by atoms with Crippen LogP contribution in [-0.4, -0.2) is 38.1 Å². The number of pyridine rings is 1. The molecule has 0 spiro atoms. The number of amides is 1. The normalized spacial score (nSPS) is 10.5. The van der Waals surface area contributed by atoms with Crippen molar-refractivity contribution in [3.05, 3.63) is 84.2 Å². The molecule has 0 unspecified atom stereocenters. The first-order valence-corrected chi connectivity index (χ1v) is 11.0. The van der Waals surface area contributed by atoms with E-state index in [1.54, 1.807) is 50.5 Å². The largest absolute Gasteiger partial charge is 0.744 e. The average molecular weight is 459 g/mol. The van der Waals surface area contributed by atoms with Gasteiger partial charge in [0.15, 0.2) is 12.8 Å². The minimum absolute atomic E-state index is 0.178. The second-order valence-corrected chi connectivity index (χ2v) is 8.47. The number of hydrogen-bond acceptors (Lipinski definition) is 6. The summed E-state index contributed by atoms with van der Waals surface area (Å²) in [5, 5.41) is 0. The molecule has 8 nitrogen and oxygen atoms in total. The van der Waals surface area contributed by atoms with Gasteiger partial charge in [0.25, 0.3) is 0 Å². The summed E-state index contributed by atoms with van der Waals surface area (Å²) in [5.74, 6) is 1.22. The Morgan fingerprint density at radius 2 is 1.56 bits per heavy atom. The Bertz CT molecular complexity index is 1130. The molecule has 2 aromatic carbocycles. The second-order valence-electron chi connectivity index (χ2n) is 7.09. The van der Waals surface area contributed by atoms with E-state index in [0.717, 1.165) is 17.0 Å². The van der Waals surface area contributed by atoms with E-state index in [1.807, 2.05) is 42.9 Å². The summed E-state index contributed by atoms with van der Waals surface area (Å²) in [5.41, 5.74) is 2.00. The Morgan fingerprint density at radius 3 is 2.09 bits per heavy atom. The smallest absolute Gasteiger partial charge is 0.414 e. The zero-order valence-electron chi connectivity index (χ0n) is 18.4. The van der Waals surface area contributed by atoms with E-state index in [4.69, 9.17) is 9.47 Å². The van der Waals surface area contributed by atoms with Crippen molar-refractivity contribution in [2.75, 3.05) is 14.1 Å². The van der Waals surface area contributed by atoms with E-state index in [1.165, 1.54) is 17.0 Å². The minimum Gasteiger partial charge on any atom is -0.744 e. The van der Waals surface area contributed by atoms with Gasteiger partial charge in [0.05, 0.1) is 4.90 Å². The number of carbonyl (C=O) groups excluding carboxylic acids is 1. The molecule has 0 fully saturated rings. The van der Waals surface area contributed by atoms with E-state index >= 15 is 0 Å². The molecule has 0 bridgehead atoms. The van der Waals surface area contributed by atoms with E-state index in [0.29, 0.717) is 12.4 Å². The van der Waals surface area contributed by atoms with Gasteiger partial charge < -0.3 is 18.9 Å². The molecular weight excluding hydrogens is 432 g/mol. The number of benzene rings is 2. The molecule has 0 aliphatic heterocycles. The van der Waals surface area contributed by atoms with Crippen molar-refractivity contribution in [1.82, 2.24) is 4.90 Å². The number of carbonyl (C=O) groups is 1. The molecule has 0 N–H and O–H groups in total. The van der Waals surface area contributed by atoms with Crippen molar-refractivity contribution < 1.29 is 31.8 Å². The fourth-order valence-electron chi connectivity index (χ4n) is 2.37. The van der Waals surface area contributed by atoms with Crippen LogP contribution in [0.5, 0.6) is 11.5 Å². The Labute approximate surface area is 188 Å². The lowest BCUT2D eigenvalue weighted by atomic mass is 10.2. The minimum atomic E-state index is -4.27. The molecule has 1 aromatic heterocycles. The van der Waals surface area contributed by atoms with Crippen LogP contribution in [-0.2, 0) is 23.8 Å². The SMILES string of the molecule is CN(C)C(=O)Oc1ccc(OCc2cccc[n+]2C)cc1.Cc1ccc(S(=O)(=O)[O-])cc1. The lowest BCUT2D eigenvalue weighted by molar-refractivity contribution is -0.680. The number of ether oxygens (including phenoxy) is 2. The van der Waals surface area contributed by atoms with Crippen molar-refractivity contribution in [2.45, 2.75) is 18.4 Å². The second kappa shape index (κ2) is 11.3. The third-order valence-electron chi connectivity index (χ3n) is 4.25. The zero-order valence-corrected chi connectivity index (χ0v) is 19.2. The Hall–Kier alpha value is -3.43. The van der Waals surface area contributed by atoms with Gasteiger partial charge in [-0.1, -0.05) is 17.7 Å². The standard InChI is InChI=1S/C16H19N2O3.C7H8O3S/c1-17(2)16(19)21-15-9-7-14(8-10-15)20-12-13-6-4-5-11-18(13)3;1-6-2-4-7(5-3-6)11(8,9)10/h4-11H,12H2,1-3H3;2-5H,1H3,(H,8,9,10)/q+1;/p-1. The maximum absolute atomic E-state index is 11.4. The van der Waals surface area contributed by atoms with Crippen molar-refractivity contribution >= 4 is 16.2 Å². The van der Waals surface area contributed by atoms with Gasteiger partial charge in [-0.25, -0.2) is 17.8 Å². The van der Waals surface area contributed by atoms with Crippen LogP contribution in [0.25, 0.3) is 0 Å². The van der Waals surface area contributed by atoms with Gasteiger partial charge in [0, 0.05) is 26.2 Å². The first-order chi connectivity index (χ1) is 15.1. The van der Waals surface area contributed by atoms with Crippen LogP contribution in [0.1, 0.15) is 11.3 Å². The summed E-state index contributed by atoms with van der Waals surface area (Å²) >= 11 is 0. The third-order valence-corrected chi connectivity index (χ3v) is 5.10. The lowest BCUT2D eigenvalue weighted by Gasteiger charge is -2.11. The van der Waals surface area contributed by atoms with Crippen molar-refractivity contribution in [2.24, 2.45) is 7.05 Å². The van der Waals surface area contributed by atoms with Gasteiger partial charge in [-0.05, 0) is 49.4 Å². The molecular formula is C23H26N2O6S. The van der Waals surface area contributed by atoms with Crippen LogP contribution in [0.3, 0.4) is 0 Å². The Balaban J connectivity index is 0.000000278. The highest BCUT2D eigenvalue weighted by molar-refractivity contribution is 7.85. The van der Waals surface area contributed by atoms with Crippen LogP contribution < -0.4 is 14.0 Å². The van der Waals surface area contributed by atoms with E-state index in [2.05, 4.69) is 0 Å². The molecule has 1 heterocycles. The Morgan fingerprint density at radius 1 is 0.969 bits per heavy atom. The topological polar surface area (TPSA) is 99.9 Å². The lowest BCUT2D eigenvalue weighted by Crippen LogP contribution is -2.33. The molecule has 32 heavy (non-hydrogen) atoms. The van der Waals surface area contributed by atoms with Crippen molar-refractivity contribution in [1.29, 1.82) is 0 Å². The number of hydrogen-bond donors (Lipinski definition) is 0. The van der Waals surface area contributed by atoms with Crippen molar-refractivity contribution in [3.8, 4) is 11.5 Å². The highest BCUT2D eigenvalue weighted by Crippen LogP contribution is 2.18. The molecule has 0 saturated carbocycles. The molecule has 170 valence electrons. The first-order valence-electron chi connectivity index (χ1n) is 9.64. The quantitative estimate of drug-likeness (QED) is 0.430. The number of aromatic nitrogens is 1. The Kier molecular flexibility index (Phi) is 8.74. The zero-order chi connectivity index (χ0) is 23.7. The molecule has 0 aliphatic rings. The predicted molar refractivity (Wildman–Crippen MR) is 117 cm³/mol. The molecule has 0 radical (unpaired) electrons. The predicted octanol–water partition coefficient (Wildman–Crippen LogP) is 3.05. The number of rotatable bonds is 5. The van der Waals surface area contributed by atoms with Gasteiger partial charge in [-0.15, -0.1) is 0 Å². The van der Waals surface area contributed by atoms with Crippen LogP contribution in [0.2, 0.25) is 0 Å². The average Bonchev–Trinajstić information content (AvgIpc) is 2.74. The molecule has 3 aromatic rings. The third kappa shape index (κ3) is 8.01. The van der Waals surface area contributed by atoms with Gasteiger partial charge in [-0.3, -0.25) is 0 Å². The van der Waals surface area contributed by atoms with Gasteiger partial charge in [0.2, 0.25) is 5.69 Å². The molecule has 3 rings (SSSR count). The summed E-state index contributed by atoms with van der Waals surface area (Å²) in [6, 6.07) is 18.7. The van der Waals surface area contributed by atoms with Gasteiger partial charge in [0.1, 0.15) is 28.7 Å². The summed E-state index contributed by atoms with van der Waals surface area (Å²) < 4.78 is 44.0. The fourth-order valence-corrected chi connectivity index (χ4v) is 2.84. The monoisotopic (exact) mass is 458 g/mol. The van der Waals surface area contributed by atoms with Gasteiger partial charge in [-0.2, -0.15) is 0 Å². The highest BCUT2D eigenvalue weighted by Gasteiger charge is 2.08. The van der Waals surface area contributed by atoms with Crippen LogP contribution in [0.4, 0.5) is 4.79 Å². The maximum Gasteiger partial charge on any atom is 0.414 e. The highest BCUT2D eigenvalue weighted by atomic mass is 32.2. The molecule has 0 aliphatic carbocycles. The van der Waals surface area contributed by atoms with Crippen molar-refractivity contribution in [3.63, 3.8) is 0 Å². The fraction of sp³-hybridized carbons (Fsp3) is 0.217. The van der Waals surface area contributed by atoms with E-state index in [9.17, 15) is 17.8 Å². The summed E-state index contributed by atoms with van der Waals surface area (Å²) in [6.45, 7) is 2.30. The maximum atomic E-state index is 11.4. The molecule has 1 amide bonds. The summed E-state index contributed by atoms with van der Waals surface area (Å²) in [7, 11) is 0.982. The van der Waals surface area contributed by atoms with E-state index < -0.39 is 16.2 Å². The number of aryl methyl sites for hydroxylation is 2. The summed E-state index contributed by atoms with van der Waals surface area (Å²) in [4.78, 5) is 12.6. The van der Waals surface area contributed by atoms with Crippen LogP contribution in [0.15, 0.2) is 77.8 Å². The summed E-state index contributed by atoms with van der Waals surface area (Å²) in [6.07, 6.45) is 1.57. The molecule has 0 saturated heterocycles. The molecule has 9 heteroatoms. The molecule has 0 atom stereocenters.